The summed E-state index contributed by atoms with van der Waals surface area (Å²) in [6.07, 6.45) is 7.15. The molecule has 0 saturated heterocycles. The standard InChI is InChI=1S/C16H22O3/c1-18-13-8-9-16(19-2)14(11-13)15(17)10-12-6-4-3-5-7-12/h6,8-9,11,15,17H,3-5,7,10H2,1-2H3. The normalized spacial score (nSPS) is 16.7. The molecule has 0 heterocycles. The van der Waals surface area contributed by atoms with Crippen LogP contribution in [0.5, 0.6) is 11.5 Å². The van der Waals surface area contributed by atoms with E-state index in [0.717, 1.165) is 24.2 Å². The summed E-state index contributed by atoms with van der Waals surface area (Å²) < 4.78 is 10.5. The molecule has 0 radical (unpaired) electrons. The van der Waals surface area contributed by atoms with Crippen LogP contribution in [0, 0.1) is 0 Å². The lowest BCUT2D eigenvalue weighted by atomic mass is 9.92. The third-order valence-corrected chi connectivity index (χ3v) is 3.64. The van der Waals surface area contributed by atoms with Crippen LogP contribution in [0.25, 0.3) is 0 Å². The summed E-state index contributed by atoms with van der Waals surface area (Å²) in [5.74, 6) is 1.46. The van der Waals surface area contributed by atoms with Crippen LogP contribution >= 0.6 is 0 Å². The molecule has 0 spiro atoms. The second-order valence-electron chi connectivity index (χ2n) is 4.94. The van der Waals surface area contributed by atoms with E-state index in [-0.39, 0.29) is 0 Å². The monoisotopic (exact) mass is 262 g/mol. The van der Waals surface area contributed by atoms with Gasteiger partial charge in [-0.2, -0.15) is 0 Å². The summed E-state index contributed by atoms with van der Waals surface area (Å²) >= 11 is 0. The smallest absolute Gasteiger partial charge is 0.124 e. The Morgan fingerprint density at radius 1 is 1.21 bits per heavy atom. The molecule has 3 nitrogen and oxygen atoms in total. The van der Waals surface area contributed by atoms with E-state index in [0.29, 0.717) is 12.2 Å². The molecule has 0 aromatic heterocycles. The fraction of sp³-hybridized carbons (Fsp3) is 0.500. The molecule has 1 atom stereocenters. The maximum absolute atomic E-state index is 10.4. The van der Waals surface area contributed by atoms with Gasteiger partial charge in [-0.1, -0.05) is 11.6 Å². The Labute approximate surface area is 114 Å². The Hall–Kier alpha value is -1.48. The van der Waals surface area contributed by atoms with Crippen LogP contribution in [-0.4, -0.2) is 19.3 Å². The summed E-state index contributed by atoms with van der Waals surface area (Å²) in [4.78, 5) is 0. The zero-order valence-corrected chi connectivity index (χ0v) is 11.7. The molecule has 1 aliphatic carbocycles. The summed E-state index contributed by atoms with van der Waals surface area (Å²) in [5.41, 5.74) is 2.15. The molecule has 0 aliphatic heterocycles. The topological polar surface area (TPSA) is 38.7 Å². The molecule has 0 bridgehead atoms. The fourth-order valence-electron chi connectivity index (χ4n) is 2.55. The van der Waals surface area contributed by atoms with Gasteiger partial charge >= 0.3 is 0 Å². The van der Waals surface area contributed by atoms with Crippen LogP contribution in [0.15, 0.2) is 29.8 Å². The molecule has 1 aromatic rings. The maximum Gasteiger partial charge on any atom is 0.124 e. The first-order chi connectivity index (χ1) is 9.24. The van der Waals surface area contributed by atoms with E-state index >= 15 is 0 Å². The van der Waals surface area contributed by atoms with Gasteiger partial charge in [0.05, 0.1) is 20.3 Å². The third kappa shape index (κ3) is 3.51. The molecule has 2 rings (SSSR count). The molecule has 0 amide bonds. The Morgan fingerprint density at radius 3 is 2.68 bits per heavy atom. The van der Waals surface area contributed by atoms with Crippen LogP contribution in [0.1, 0.15) is 43.8 Å². The highest BCUT2D eigenvalue weighted by molar-refractivity contribution is 5.42. The fourth-order valence-corrected chi connectivity index (χ4v) is 2.55. The average molecular weight is 262 g/mol. The number of hydrogen-bond donors (Lipinski definition) is 1. The largest absolute Gasteiger partial charge is 0.497 e. The van der Waals surface area contributed by atoms with Crippen LogP contribution in [0.3, 0.4) is 0 Å². The molecular weight excluding hydrogens is 240 g/mol. The Balaban J connectivity index is 2.16. The van der Waals surface area contributed by atoms with Gasteiger partial charge in [0.25, 0.3) is 0 Å². The van der Waals surface area contributed by atoms with Crippen molar-refractivity contribution in [2.45, 2.75) is 38.2 Å². The molecule has 19 heavy (non-hydrogen) atoms. The van der Waals surface area contributed by atoms with Crippen LogP contribution in [0.4, 0.5) is 0 Å². The first-order valence-corrected chi connectivity index (χ1v) is 6.82. The van der Waals surface area contributed by atoms with Crippen molar-refractivity contribution >= 4 is 0 Å². The van der Waals surface area contributed by atoms with E-state index in [1.807, 2.05) is 18.2 Å². The van der Waals surface area contributed by atoms with E-state index in [1.54, 1.807) is 14.2 Å². The van der Waals surface area contributed by atoms with Gasteiger partial charge in [0.1, 0.15) is 11.5 Å². The zero-order valence-electron chi connectivity index (χ0n) is 11.7. The minimum absolute atomic E-state index is 0.533. The zero-order chi connectivity index (χ0) is 13.7. The van der Waals surface area contributed by atoms with Crippen LogP contribution < -0.4 is 9.47 Å². The number of rotatable bonds is 5. The predicted octanol–water partition coefficient (Wildman–Crippen LogP) is 3.63. The first-order valence-electron chi connectivity index (χ1n) is 6.82. The molecular formula is C16H22O3. The molecule has 104 valence electrons. The molecule has 1 aromatic carbocycles. The number of ether oxygens (including phenoxy) is 2. The number of benzene rings is 1. The molecule has 0 saturated carbocycles. The van der Waals surface area contributed by atoms with E-state index < -0.39 is 6.10 Å². The van der Waals surface area contributed by atoms with E-state index in [9.17, 15) is 5.11 Å². The number of aliphatic hydroxyl groups excluding tert-OH is 1. The van der Waals surface area contributed by atoms with Crippen LogP contribution in [0.2, 0.25) is 0 Å². The van der Waals surface area contributed by atoms with Gasteiger partial charge in [0.2, 0.25) is 0 Å². The minimum Gasteiger partial charge on any atom is -0.497 e. The second-order valence-corrected chi connectivity index (χ2v) is 4.94. The van der Waals surface area contributed by atoms with Gasteiger partial charge < -0.3 is 14.6 Å². The van der Waals surface area contributed by atoms with Crippen molar-refractivity contribution in [2.75, 3.05) is 14.2 Å². The number of methoxy groups -OCH3 is 2. The van der Waals surface area contributed by atoms with Gasteiger partial charge in [0.15, 0.2) is 0 Å². The highest BCUT2D eigenvalue weighted by atomic mass is 16.5. The quantitative estimate of drug-likeness (QED) is 0.824. The van der Waals surface area contributed by atoms with Crippen molar-refractivity contribution in [2.24, 2.45) is 0 Å². The van der Waals surface area contributed by atoms with E-state index in [1.165, 1.54) is 18.4 Å². The van der Waals surface area contributed by atoms with Crippen molar-refractivity contribution in [1.29, 1.82) is 0 Å². The summed E-state index contributed by atoms with van der Waals surface area (Å²) in [6, 6.07) is 5.54. The summed E-state index contributed by atoms with van der Waals surface area (Å²) in [7, 11) is 3.25. The van der Waals surface area contributed by atoms with Gasteiger partial charge in [-0.3, -0.25) is 0 Å². The van der Waals surface area contributed by atoms with E-state index in [4.69, 9.17) is 9.47 Å². The Morgan fingerprint density at radius 2 is 2.05 bits per heavy atom. The van der Waals surface area contributed by atoms with Crippen LogP contribution in [-0.2, 0) is 0 Å². The lowest BCUT2D eigenvalue weighted by Crippen LogP contribution is -2.04. The van der Waals surface area contributed by atoms with Crippen molar-refractivity contribution in [3.05, 3.63) is 35.4 Å². The molecule has 1 unspecified atom stereocenters. The number of allylic oxidation sites excluding steroid dienone is 1. The van der Waals surface area contributed by atoms with Crippen molar-refractivity contribution in [3.63, 3.8) is 0 Å². The van der Waals surface area contributed by atoms with Gasteiger partial charge in [-0.25, -0.2) is 0 Å². The van der Waals surface area contributed by atoms with Crippen molar-refractivity contribution in [1.82, 2.24) is 0 Å². The van der Waals surface area contributed by atoms with Gasteiger partial charge in [-0.05, 0) is 50.3 Å². The predicted molar refractivity (Wildman–Crippen MR) is 75.7 cm³/mol. The maximum atomic E-state index is 10.4. The van der Waals surface area contributed by atoms with Crippen molar-refractivity contribution in [3.8, 4) is 11.5 Å². The van der Waals surface area contributed by atoms with Gasteiger partial charge in [-0.15, -0.1) is 0 Å². The number of aliphatic hydroxyl groups is 1. The second kappa shape index (κ2) is 6.62. The molecule has 3 heteroatoms. The number of hydrogen-bond acceptors (Lipinski definition) is 3. The first kappa shape index (κ1) is 13.9. The molecule has 0 fully saturated rings. The van der Waals surface area contributed by atoms with Crippen molar-refractivity contribution < 1.29 is 14.6 Å². The molecule has 1 aliphatic rings. The molecule has 1 N–H and O–H groups in total. The highest BCUT2D eigenvalue weighted by Gasteiger charge is 2.17. The summed E-state index contributed by atoms with van der Waals surface area (Å²) in [6.45, 7) is 0. The average Bonchev–Trinajstić information content (AvgIpc) is 2.47. The Kier molecular flexibility index (Phi) is 4.86. The minimum atomic E-state index is -0.533. The third-order valence-electron chi connectivity index (χ3n) is 3.64. The highest BCUT2D eigenvalue weighted by Crippen LogP contribution is 2.34. The van der Waals surface area contributed by atoms with Gasteiger partial charge in [0, 0.05) is 5.56 Å². The lowest BCUT2D eigenvalue weighted by molar-refractivity contribution is 0.171. The van der Waals surface area contributed by atoms with E-state index in [2.05, 4.69) is 6.08 Å². The Bertz CT molecular complexity index is 451. The SMILES string of the molecule is COc1ccc(OC)c(C(O)CC2=CCCCC2)c1. The summed E-state index contributed by atoms with van der Waals surface area (Å²) in [5, 5.41) is 10.4. The lowest BCUT2D eigenvalue weighted by Gasteiger charge is -2.19.